The predicted octanol–water partition coefficient (Wildman–Crippen LogP) is 38.5. The molecule has 4 rings (SSSR count). The Kier molecular flexibility index (Phi) is 125. The van der Waals surface area contributed by atoms with E-state index >= 15 is 0 Å². The number of rotatable bonds is 29. The second-order valence-corrected chi connectivity index (χ2v) is 43.6. The highest BCUT2D eigenvalue weighted by Crippen LogP contribution is 2.62. The molecule has 3 aliphatic rings. The van der Waals surface area contributed by atoms with Gasteiger partial charge in [-0.3, -0.25) is 0 Å². The maximum Gasteiger partial charge on any atom is 0.394 e. The molecule has 2 atom stereocenters. The quantitative estimate of drug-likeness (QED) is 0.0633. The molecule has 0 heterocycles. The van der Waals surface area contributed by atoms with Crippen LogP contribution < -0.4 is 0 Å². The van der Waals surface area contributed by atoms with E-state index in [1.54, 1.807) is 70.2 Å². The molecule has 3 fully saturated rings. The average Bonchev–Trinajstić information content (AvgIpc) is 1.60. The highest BCUT2D eigenvalue weighted by atomic mass is 19.4. The fourth-order valence-electron chi connectivity index (χ4n) is 8.57. The lowest BCUT2D eigenvalue weighted by Crippen LogP contribution is -2.29. The third-order valence-electron chi connectivity index (χ3n) is 20.8. The normalized spacial score (nSPS) is 13.5. The van der Waals surface area contributed by atoms with Gasteiger partial charge >= 0.3 is 12.4 Å². The van der Waals surface area contributed by atoms with Gasteiger partial charge in [-0.1, -0.05) is 414 Å². The van der Waals surface area contributed by atoms with Crippen molar-refractivity contribution >= 4 is 0 Å². The highest BCUT2D eigenvalue weighted by Gasteiger charge is 2.64. The van der Waals surface area contributed by atoms with Crippen LogP contribution in [0.3, 0.4) is 0 Å². The molecule has 124 heavy (non-hydrogen) atoms. The molecule has 0 radical (unpaired) electrons. The maximum absolute atomic E-state index is 12.1. The summed E-state index contributed by atoms with van der Waals surface area (Å²) in [5.74, 6) is 16.0. The summed E-state index contributed by atoms with van der Waals surface area (Å²) in [5, 5.41) is 8.63. The van der Waals surface area contributed by atoms with Crippen LogP contribution in [0.4, 0.5) is 26.3 Å². The van der Waals surface area contributed by atoms with E-state index in [-0.39, 0.29) is 30.7 Å². The Morgan fingerprint density at radius 3 is 0.823 bits per heavy atom. The lowest BCUT2D eigenvalue weighted by atomic mass is 9.78. The van der Waals surface area contributed by atoms with Crippen molar-refractivity contribution in [1.29, 1.82) is 0 Å². The van der Waals surface area contributed by atoms with E-state index in [2.05, 4.69) is 315 Å². The van der Waals surface area contributed by atoms with Gasteiger partial charge < -0.3 is 33.5 Å². The number of alkyl halides is 6. The molecular formula is C111H238F6O7. The first-order valence-corrected chi connectivity index (χ1v) is 50.3. The highest BCUT2D eigenvalue weighted by molar-refractivity contribution is 5.17. The second-order valence-electron chi connectivity index (χ2n) is 43.6. The first-order valence-electron chi connectivity index (χ1n) is 50.3. The van der Waals surface area contributed by atoms with Crippen LogP contribution in [0.25, 0.3) is 0 Å². The number of benzene rings is 1. The van der Waals surface area contributed by atoms with E-state index in [0.29, 0.717) is 59.9 Å². The Morgan fingerprint density at radius 2 is 0.766 bits per heavy atom. The Morgan fingerprint density at radius 1 is 0.411 bits per heavy atom. The third kappa shape index (κ3) is 155. The lowest BCUT2D eigenvalue weighted by Gasteiger charge is -2.28. The Balaban J connectivity index is -0.0000000864. The van der Waals surface area contributed by atoms with Crippen LogP contribution in [0.1, 0.15) is 467 Å². The number of aliphatic hydroxyl groups excluding tert-OH is 1. The van der Waals surface area contributed by atoms with E-state index in [1.165, 1.54) is 89.0 Å². The minimum atomic E-state index is -3.97. The number of unbranched alkanes of at least 4 members (excludes halogenated alkanes) is 1. The summed E-state index contributed by atoms with van der Waals surface area (Å²) in [5.41, 5.74) is 0.602. The van der Waals surface area contributed by atoms with Gasteiger partial charge in [-0.15, -0.1) is 0 Å². The molecule has 0 saturated heterocycles. The van der Waals surface area contributed by atoms with Gasteiger partial charge in [0.2, 0.25) is 0 Å². The summed E-state index contributed by atoms with van der Waals surface area (Å²) in [6.45, 7) is 111. The van der Waals surface area contributed by atoms with Gasteiger partial charge in [-0.25, -0.2) is 0 Å². The molecule has 3 aliphatic carbocycles. The molecule has 0 bridgehead atoms. The van der Waals surface area contributed by atoms with Crippen LogP contribution in [0.5, 0.6) is 0 Å². The number of halogens is 6. The van der Waals surface area contributed by atoms with Crippen molar-refractivity contribution in [2.75, 3.05) is 62.0 Å². The molecule has 1 N–H and O–H groups in total. The van der Waals surface area contributed by atoms with Crippen molar-refractivity contribution < 1.29 is 59.9 Å². The van der Waals surface area contributed by atoms with Crippen LogP contribution in [0, 0.1) is 135 Å². The summed E-state index contributed by atoms with van der Waals surface area (Å²) >= 11 is 0. The first kappa shape index (κ1) is 154. The summed E-state index contributed by atoms with van der Waals surface area (Å²) in [6.07, 6.45) is 10.7. The number of methoxy groups -OCH3 is 5. The van der Waals surface area contributed by atoms with Gasteiger partial charge in [-0.2, -0.15) is 26.3 Å². The van der Waals surface area contributed by atoms with Crippen LogP contribution in [-0.4, -0.2) is 97.9 Å². The average molecular weight is 1800 g/mol. The fourth-order valence-corrected chi connectivity index (χ4v) is 8.57. The molecule has 0 spiro atoms. The second kappa shape index (κ2) is 101. The van der Waals surface area contributed by atoms with E-state index in [1.807, 2.05) is 26.8 Å². The smallest absolute Gasteiger partial charge is 0.393 e. The molecule has 1 aromatic rings. The van der Waals surface area contributed by atoms with E-state index in [0.717, 1.165) is 109 Å². The Hall–Kier alpha value is -1.48. The van der Waals surface area contributed by atoms with Crippen molar-refractivity contribution in [3.05, 3.63) is 35.9 Å². The van der Waals surface area contributed by atoms with Gasteiger partial charge in [0, 0.05) is 74.3 Å². The maximum atomic E-state index is 12.1. The lowest BCUT2D eigenvalue weighted by molar-refractivity contribution is -0.199. The van der Waals surface area contributed by atoms with Gasteiger partial charge in [0.1, 0.15) is 0 Å². The molecule has 0 amide bonds. The Labute approximate surface area is 780 Å². The minimum Gasteiger partial charge on any atom is -0.393 e. The first-order chi connectivity index (χ1) is 56.3. The zero-order chi connectivity index (χ0) is 102. The van der Waals surface area contributed by atoms with Gasteiger partial charge in [0.15, 0.2) is 6.29 Å². The number of hydrogen-bond donors (Lipinski definition) is 1. The molecule has 2 unspecified atom stereocenters. The minimum absolute atomic E-state index is 0.0463. The zero-order valence-electron chi connectivity index (χ0n) is 94.8. The monoisotopic (exact) mass is 1800 g/mol. The number of aliphatic hydroxyl groups is 1. The Bertz CT molecular complexity index is 1940. The van der Waals surface area contributed by atoms with Crippen LogP contribution in [0.2, 0.25) is 0 Å². The SMILES string of the molecule is CC(C)C.CC(C)C(C)(C)C.CC(C)C(C)C.CC(C)C(C)O.CC(C)C1(C(F)(F)F)CC1.CC(C)C1CC1.CC(C)C1CCC1.CC(C)CC(C)C.CC(C)CCC(F)(F)F.CC(C)c1ccccc1.CCC(C)C.CCCC(C)C.CCCCC(C)C.CCOCC(C)C.COC(C)C(C)C.COC(OC)C(C)C.COCC(C)C.COCCC(C)C. The third-order valence-corrected chi connectivity index (χ3v) is 20.8. The van der Waals surface area contributed by atoms with E-state index in [4.69, 9.17) is 33.5 Å². The zero-order valence-corrected chi connectivity index (χ0v) is 94.8. The fraction of sp³-hybridized carbons (Fsp3) is 0.946. The van der Waals surface area contributed by atoms with Crippen molar-refractivity contribution in [1.82, 2.24) is 0 Å². The molecule has 13 heteroatoms. The predicted molar refractivity (Wildman–Crippen MR) is 551 cm³/mol. The topological polar surface area (TPSA) is 75.6 Å². The van der Waals surface area contributed by atoms with Crippen LogP contribution >= 0.6 is 0 Å². The van der Waals surface area contributed by atoms with Crippen LogP contribution in [0.15, 0.2) is 30.3 Å². The van der Waals surface area contributed by atoms with Crippen LogP contribution in [-0.2, 0) is 28.4 Å². The summed E-state index contributed by atoms with van der Waals surface area (Å²) in [7, 11) is 8.50. The molecule has 0 aliphatic heterocycles. The molecule has 7 nitrogen and oxygen atoms in total. The largest absolute Gasteiger partial charge is 0.394 e. The molecular weight excluding hydrogens is 1560 g/mol. The van der Waals surface area contributed by atoms with E-state index < -0.39 is 24.2 Å². The number of ether oxygens (including phenoxy) is 6. The molecule has 766 valence electrons. The van der Waals surface area contributed by atoms with Crippen molar-refractivity contribution in [3.63, 3.8) is 0 Å². The van der Waals surface area contributed by atoms with Gasteiger partial charge in [0.25, 0.3) is 0 Å². The standard InChI is InChI=1S/C9H12.C7H11F3.C7H14.3C7H16.C6H11F3.C6H14O2.3C6H14O.C6H12.2C6H14.2C5H12O.C5H12.C4H10/c1-8(2)9-6-4-3-5-7-9;1-5(2)6(3-4-6)7(8,9)10;1-6(2)7-4-3-5-7;1-6(2)7(3,4)5;1-6(2)5-7(3)4;1-4-5-6-7(2)3;1-5(2)3-4-6(7,8)9;1-5(2)6(7-3)8-4;1-6(2)4-5-7-3;1-5(2)6(3)7-4;1-4-7-5-6(2)3;1-5(2)6-3-4-6;1-5(2)6(3)4;1-4-5-6(2)3;1-5(2)4-6-3;1-4(2)5(3)6;1-4-5(2)3;1-4(2)3/h3-8H,1-2H3;5H,3-4H2,1-2H3;6-7H,3-5H2,1-2H3;6H,1-5H3;6-7H,5H2,1-4H3;7H,4-6H2,1-3H3;5H,3-4H2,1-2H3;5-6H,1-4H3;6H,4-5H2,1-3H3;5-6H,1-4H3;6H,4-5H2,1-3H3;5-6H,3-4H2,1-2H3;5-6H,1-4H3;6H,4-5H2,1-3H3;5H,4H2,1-3H3;4-6H,1-3H3;5H,4H2,1-3H3;4H,1-3H3. The summed E-state index contributed by atoms with van der Waals surface area (Å²) in [6, 6.07) is 10.5. The van der Waals surface area contributed by atoms with Crippen molar-refractivity contribution in [3.8, 4) is 0 Å². The number of hydrogen-bond acceptors (Lipinski definition) is 7. The summed E-state index contributed by atoms with van der Waals surface area (Å²) in [4.78, 5) is 0. The summed E-state index contributed by atoms with van der Waals surface area (Å²) < 4.78 is 100. The van der Waals surface area contributed by atoms with Crippen molar-refractivity contribution in [2.45, 2.75) is 492 Å². The molecule has 3 saturated carbocycles. The van der Waals surface area contributed by atoms with Gasteiger partial charge in [0.05, 0.1) is 17.6 Å². The molecule has 1 aromatic carbocycles. The van der Waals surface area contributed by atoms with Gasteiger partial charge in [-0.05, 0) is 201 Å². The van der Waals surface area contributed by atoms with E-state index in [9.17, 15) is 26.3 Å². The van der Waals surface area contributed by atoms with Crippen molar-refractivity contribution in [2.24, 2.45) is 135 Å². The molecule has 0 aromatic heterocycles.